The third-order valence-electron chi connectivity index (χ3n) is 11.9. The summed E-state index contributed by atoms with van der Waals surface area (Å²) in [7, 11) is 0. The molecule has 0 radical (unpaired) electrons. The molecule has 0 bridgehead atoms. The van der Waals surface area contributed by atoms with E-state index in [9.17, 15) is 0 Å². The fraction of sp³-hybridized carbons (Fsp3) is 0. The van der Waals surface area contributed by atoms with E-state index in [1.807, 2.05) is 6.07 Å². The maximum atomic E-state index is 5.11. The summed E-state index contributed by atoms with van der Waals surface area (Å²) in [5.74, 6) is 0.921. The van der Waals surface area contributed by atoms with Crippen LogP contribution in [0.3, 0.4) is 0 Å². The van der Waals surface area contributed by atoms with Crippen LogP contribution in [-0.2, 0) is 0 Å². The van der Waals surface area contributed by atoms with Crippen LogP contribution in [0.1, 0.15) is 0 Å². The maximum Gasteiger partial charge on any atom is 0.145 e. The molecule has 0 unspecified atom stereocenters. The van der Waals surface area contributed by atoms with E-state index >= 15 is 0 Å². The summed E-state index contributed by atoms with van der Waals surface area (Å²) >= 11 is 0. The number of aromatic nitrogens is 2. The molecular formula is C61H43N3. The zero-order valence-electron chi connectivity index (χ0n) is 35.2. The largest absolute Gasteiger partial charge is 0.310 e. The summed E-state index contributed by atoms with van der Waals surface area (Å²) in [5.41, 5.74) is 18.9. The predicted molar refractivity (Wildman–Crippen MR) is 268 cm³/mol. The molecule has 64 heavy (non-hydrogen) atoms. The lowest BCUT2D eigenvalue weighted by molar-refractivity contribution is 1.10. The summed E-state index contributed by atoms with van der Waals surface area (Å²) < 4.78 is 2.28. The zero-order valence-corrected chi connectivity index (χ0v) is 35.2. The van der Waals surface area contributed by atoms with Crippen molar-refractivity contribution in [2.75, 3.05) is 4.90 Å². The first kappa shape index (κ1) is 38.4. The number of fused-ring (bicyclic) bond motifs is 1. The Bertz CT molecular complexity index is 3100. The fourth-order valence-electron chi connectivity index (χ4n) is 8.81. The molecule has 0 fully saturated rings. The van der Waals surface area contributed by atoms with Gasteiger partial charge in [-0.15, -0.1) is 0 Å². The standard InChI is InChI=1S/C61H43N3/c1-6-19-44(20-7-1)51-37-52(45-21-8-2-9-22-45)41-57(40-51)63(58-42-53(46-23-10-3-11-24-46)38-54(43-58)47-25-12-4-13-26-47)55-35-33-48(34-36-55)50-29-18-30-56(39-50)64-60-32-17-16-31-59(60)62-61(64)49-27-14-5-15-28-49/h1-43H. The quantitative estimate of drug-likeness (QED) is 0.137. The SMILES string of the molecule is c1ccc(-c2cc(-c3ccccc3)cc(N(c3ccc(-c4cccc(-n5c(-c6ccccc6)nc6ccccc65)c4)cc3)c3cc(-c4ccccc4)cc(-c4ccccc4)c3)c2)cc1. The lowest BCUT2D eigenvalue weighted by Crippen LogP contribution is -2.11. The van der Waals surface area contributed by atoms with Crippen LogP contribution in [0, 0.1) is 0 Å². The van der Waals surface area contributed by atoms with Crippen molar-refractivity contribution in [1.29, 1.82) is 0 Å². The van der Waals surface area contributed by atoms with Gasteiger partial charge in [0.1, 0.15) is 5.82 Å². The number of hydrogen-bond acceptors (Lipinski definition) is 2. The van der Waals surface area contributed by atoms with Crippen LogP contribution in [0.5, 0.6) is 0 Å². The van der Waals surface area contributed by atoms with Crippen LogP contribution < -0.4 is 4.90 Å². The van der Waals surface area contributed by atoms with Gasteiger partial charge in [-0.2, -0.15) is 0 Å². The molecule has 1 aromatic heterocycles. The summed E-state index contributed by atoms with van der Waals surface area (Å²) in [6, 6.07) is 93.4. The molecule has 1 heterocycles. The average Bonchev–Trinajstić information content (AvgIpc) is 3.78. The van der Waals surface area contributed by atoms with E-state index in [2.05, 4.69) is 264 Å². The van der Waals surface area contributed by atoms with Gasteiger partial charge in [-0.3, -0.25) is 4.57 Å². The summed E-state index contributed by atoms with van der Waals surface area (Å²) in [5, 5.41) is 0. The minimum Gasteiger partial charge on any atom is -0.310 e. The highest BCUT2D eigenvalue weighted by Gasteiger charge is 2.19. The van der Waals surface area contributed by atoms with E-state index in [1.165, 1.54) is 22.3 Å². The lowest BCUT2D eigenvalue weighted by atomic mass is 9.95. The first-order chi connectivity index (χ1) is 31.7. The highest BCUT2D eigenvalue weighted by molar-refractivity contribution is 5.89. The van der Waals surface area contributed by atoms with Crippen molar-refractivity contribution in [3.05, 3.63) is 261 Å². The molecule has 11 rings (SSSR count). The number of para-hydroxylation sites is 2. The monoisotopic (exact) mass is 817 g/mol. The van der Waals surface area contributed by atoms with Crippen molar-refractivity contribution in [3.8, 4) is 72.7 Å². The summed E-state index contributed by atoms with van der Waals surface area (Å²) in [6.45, 7) is 0. The zero-order chi connectivity index (χ0) is 42.7. The highest BCUT2D eigenvalue weighted by Crippen LogP contribution is 2.43. The van der Waals surface area contributed by atoms with E-state index in [0.717, 1.165) is 78.6 Å². The van der Waals surface area contributed by atoms with Crippen LogP contribution in [0.2, 0.25) is 0 Å². The molecule has 3 heteroatoms. The molecular weight excluding hydrogens is 775 g/mol. The molecule has 0 amide bonds. The van der Waals surface area contributed by atoms with Crippen LogP contribution in [0.4, 0.5) is 17.1 Å². The van der Waals surface area contributed by atoms with Gasteiger partial charge in [-0.05, 0) is 128 Å². The number of rotatable bonds is 10. The fourth-order valence-corrected chi connectivity index (χ4v) is 8.81. The van der Waals surface area contributed by atoms with Crippen molar-refractivity contribution in [1.82, 2.24) is 9.55 Å². The van der Waals surface area contributed by atoms with E-state index in [4.69, 9.17) is 4.98 Å². The summed E-state index contributed by atoms with van der Waals surface area (Å²) in [6.07, 6.45) is 0. The van der Waals surface area contributed by atoms with Gasteiger partial charge in [0.15, 0.2) is 0 Å². The number of imidazole rings is 1. The minimum atomic E-state index is 0.921. The first-order valence-electron chi connectivity index (χ1n) is 21.8. The second-order valence-electron chi connectivity index (χ2n) is 16.1. The normalized spacial score (nSPS) is 11.1. The Labute approximate surface area is 374 Å². The number of anilines is 3. The maximum absolute atomic E-state index is 5.11. The molecule has 0 saturated heterocycles. The Morgan fingerprint density at radius 1 is 0.266 bits per heavy atom. The molecule has 0 N–H and O–H groups in total. The molecule has 0 aliphatic rings. The number of benzene rings is 10. The molecule has 0 saturated carbocycles. The second kappa shape index (κ2) is 17.1. The molecule has 3 nitrogen and oxygen atoms in total. The molecule has 302 valence electrons. The van der Waals surface area contributed by atoms with Gasteiger partial charge in [0.05, 0.1) is 11.0 Å². The Kier molecular flexibility index (Phi) is 10.3. The van der Waals surface area contributed by atoms with Crippen molar-refractivity contribution in [2.24, 2.45) is 0 Å². The van der Waals surface area contributed by atoms with Crippen LogP contribution in [-0.4, -0.2) is 9.55 Å². The molecule has 0 spiro atoms. The van der Waals surface area contributed by atoms with Gasteiger partial charge in [0.2, 0.25) is 0 Å². The van der Waals surface area contributed by atoms with Gasteiger partial charge in [0.25, 0.3) is 0 Å². The van der Waals surface area contributed by atoms with Crippen molar-refractivity contribution in [2.45, 2.75) is 0 Å². The minimum absolute atomic E-state index is 0.921. The Balaban J connectivity index is 1.08. The van der Waals surface area contributed by atoms with Gasteiger partial charge in [-0.1, -0.05) is 188 Å². The third-order valence-corrected chi connectivity index (χ3v) is 11.9. The molecule has 11 aromatic rings. The van der Waals surface area contributed by atoms with E-state index in [1.54, 1.807) is 0 Å². The van der Waals surface area contributed by atoms with E-state index < -0.39 is 0 Å². The van der Waals surface area contributed by atoms with Gasteiger partial charge < -0.3 is 4.90 Å². The average molecular weight is 818 g/mol. The second-order valence-corrected chi connectivity index (χ2v) is 16.1. The van der Waals surface area contributed by atoms with Crippen LogP contribution in [0.15, 0.2) is 261 Å². The molecule has 0 atom stereocenters. The van der Waals surface area contributed by atoms with E-state index in [-0.39, 0.29) is 0 Å². The molecule has 0 aliphatic heterocycles. The van der Waals surface area contributed by atoms with Crippen molar-refractivity contribution in [3.63, 3.8) is 0 Å². The van der Waals surface area contributed by atoms with E-state index in [0.29, 0.717) is 0 Å². The lowest BCUT2D eigenvalue weighted by Gasteiger charge is -2.28. The van der Waals surface area contributed by atoms with Gasteiger partial charge in [-0.25, -0.2) is 4.98 Å². The Hall–Kier alpha value is -8.53. The van der Waals surface area contributed by atoms with Gasteiger partial charge >= 0.3 is 0 Å². The molecule has 0 aliphatic carbocycles. The third kappa shape index (κ3) is 7.68. The van der Waals surface area contributed by atoms with Crippen molar-refractivity contribution < 1.29 is 0 Å². The van der Waals surface area contributed by atoms with Crippen molar-refractivity contribution >= 4 is 28.1 Å². The number of nitrogens with zero attached hydrogens (tertiary/aromatic N) is 3. The van der Waals surface area contributed by atoms with Gasteiger partial charge in [0, 0.05) is 28.3 Å². The van der Waals surface area contributed by atoms with Crippen LogP contribution >= 0.6 is 0 Å². The topological polar surface area (TPSA) is 21.1 Å². The summed E-state index contributed by atoms with van der Waals surface area (Å²) in [4.78, 5) is 7.53. The smallest absolute Gasteiger partial charge is 0.145 e. The Morgan fingerprint density at radius 2 is 0.656 bits per heavy atom. The highest BCUT2D eigenvalue weighted by atomic mass is 15.1. The molecule has 10 aromatic carbocycles. The Morgan fingerprint density at radius 3 is 1.12 bits per heavy atom. The first-order valence-corrected chi connectivity index (χ1v) is 21.8. The van der Waals surface area contributed by atoms with Crippen LogP contribution in [0.25, 0.3) is 83.7 Å². The predicted octanol–water partition coefficient (Wildman–Crippen LogP) is 16.5. The number of hydrogen-bond donors (Lipinski definition) is 0.